The zero-order valence-electron chi connectivity index (χ0n) is 16.5. The Morgan fingerprint density at radius 2 is 1.75 bits per heavy atom. The van der Waals surface area contributed by atoms with E-state index in [0.717, 1.165) is 22.5 Å². The fourth-order valence-electron chi connectivity index (χ4n) is 3.63. The van der Waals surface area contributed by atoms with Crippen molar-refractivity contribution in [3.8, 4) is 0 Å². The van der Waals surface area contributed by atoms with Gasteiger partial charge in [0.15, 0.2) is 0 Å². The number of fused-ring (bicyclic) bond motifs is 2. The van der Waals surface area contributed by atoms with Gasteiger partial charge < -0.3 is 14.5 Å². The van der Waals surface area contributed by atoms with E-state index in [0.29, 0.717) is 44.6 Å². The molecule has 8 nitrogen and oxygen atoms in total. The molecule has 2 aliphatic heterocycles. The summed E-state index contributed by atoms with van der Waals surface area (Å²) in [7, 11) is 0. The predicted octanol–water partition coefficient (Wildman–Crippen LogP) is 2.30. The van der Waals surface area contributed by atoms with Gasteiger partial charge in [0.2, 0.25) is 0 Å². The summed E-state index contributed by atoms with van der Waals surface area (Å²) in [6.07, 6.45) is 1.13. The second-order valence-electron chi connectivity index (χ2n) is 8.33. The van der Waals surface area contributed by atoms with Crippen molar-refractivity contribution >= 4 is 12.0 Å². The zero-order valence-corrected chi connectivity index (χ0v) is 16.5. The largest absolute Gasteiger partial charge is 0.444 e. The van der Waals surface area contributed by atoms with Crippen LogP contribution >= 0.6 is 0 Å². The first-order chi connectivity index (χ1) is 13.3. The number of aromatic nitrogens is 3. The highest BCUT2D eigenvalue weighted by molar-refractivity contribution is 5.94. The lowest BCUT2D eigenvalue weighted by atomic mass is 9.96. The van der Waals surface area contributed by atoms with Gasteiger partial charge in [-0.2, -0.15) is 15.4 Å². The molecule has 8 heteroatoms. The summed E-state index contributed by atoms with van der Waals surface area (Å²) in [6.45, 7) is 7.81. The zero-order chi connectivity index (χ0) is 19.9. The highest BCUT2D eigenvalue weighted by Gasteiger charge is 2.28. The number of carbonyl (C=O) groups is 2. The van der Waals surface area contributed by atoms with Crippen LogP contribution in [0.4, 0.5) is 4.79 Å². The smallest absolute Gasteiger partial charge is 0.410 e. The van der Waals surface area contributed by atoms with Gasteiger partial charge in [0.25, 0.3) is 5.91 Å². The van der Waals surface area contributed by atoms with Crippen LogP contribution in [0.2, 0.25) is 0 Å². The first-order valence-corrected chi connectivity index (χ1v) is 9.58. The molecule has 1 aromatic heterocycles. The normalized spacial score (nSPS) is 16.4. The molecule has 2 aliphatic rings. The Kier molecular flexibility index (Phi) is 4.56. The molecule has 0 bridgehead atoms. The van der Waals surface area contributed by atoms with Crippen LogP contribution in [0.1, 0.15) is 53.6 Å². The maximum Gasteiger partial charge on any atom is 0.410 e. The fraction of sp³-hybridized carbons (Fsp3) is 0.500. The molecule has 0 spiro atoms. The van der Waals surface area contributed by atoms with Crippen molar-refractivity contribution in [1.29, 1.82) is 0 Å². The Balaban J connectivity index is 1.45. The molecule has 0 unspecified atom stereocenters. The van der Waals surface area contributed by atoms with Crippen molar-refractivity contribution in [2.75, 3.05) is 13.1 Å². The van der Waals surface area contributed by atoms with Gasteiger partial charge in [-0.05, 0) is 50.5 Å². The van der Waals surface area contributed by atoms with E-state index >= 15 is 0 Å². The van der Waals surface area contributed by atoms with Crippen molar-refractivity contribution in [3.63, 3.8) is 0 Å². The number of rotatable bonds is 1. The van der Waals surface area contributed by atoms with E-state index in [2.05, 4.69) is 15.4 Å². The number of carbonyl (C=O) groups excluding carboxylic acids is 2. The summed E-state index contributed by atoms with van der Waals surface area (Å²) >= 11 is 0. The van der Waals surface area contributed by atoms with Gasteiger partial charge in [-0.15, -0.1) is 0 Å². The Hall–Kier alpha value is -2.90. The van der Waals surface area contributed by atoms with Crippen molar-refractivity contribution in [2.45, 2.75) is 52.3 Å². The van der Waals surface area contributed by atoms with Crippen molar-refractivity contribution in [3.05, 3.63) is 46.3 Å². The van der Waals surface area contributed by atoms with Gasteiger partial charge >= 0.3 is 6.09 Å². The van der Waals surface area contributed by atoms with Crippen LogP contribution in [-0.4, -0.2) is 55.9 Å². The Labute approximate surface area is 163 Å². The minimum Gasteiger partial charge on any atom is -0.444 e. The minimum absolute atomic E-state index is 0.00558. The van der Waals surface area contributed by atoms with E-state index in [9.17, 15) is 9.59 Å². The molecule has 0 radical (unpaired) electrons. The van der Waals surface area contributed by atoms with E-state index in [1.54, 1.807) is 4.90 Å². The van der Waals surface area contributed by atoms with E-state index in [4.69, 9.17) is 4.74 Å². The van der Waals surface area contributed by atoms with Crippen LogP contribution in [0, 0.1) is 0 Å². The molecule has 1 aromatic carbocycles. The summed E-state index contributed by atoms with van der Waals surface area (Å²) in [5, 5.41) is 10.9. The second kappa shape index (κ2) is 6.92. The number of aromatic amines is 1. The summed E-state index contributed by atoms with van der Waals surface area (Å²) < 4.78 is 5.47. The molecule has 0 saturated carbocycles. The second-order valence-corrected chi connectivity index (χ2v) is 8.33. The first kappa shape index (κ1) is 18.5. The molecule has 2 amide bonds. The van der Waals surface area contributed by atoms with Crippen molar-refractivity contribution in [2.24, 2.45) is 0 Å². The first-order valence-electron chi connectivity index (χ1n) is 9.58. The van der Waals surface area contributed by atoms with Gasteiger partial charge in [-0.3, -0.25) is 4.79 Å². The van der Waals surface area contributed by atoms with Crippen LogP contribution in [-0.2, 0) is 30.7 Å². The molecule has 4 rings (SSSR count). The highest BCUT2D eigenvalue weighted by atomic mass is 16.6. The molecular formula is C20H25N5O3. The third kappa shape index (κ3) is 3.72. The standard InChI is InChI=1S/C20H25N5O3/c1-20(2,3)28-19(27)25-8-6-13-10-14(4-5-15(13)11-25)18(26)24-9-7-16-17(12-24)22-23-21-16/h4-5,10H,6-9,11-12H2,1-3H3,(H,21,22,23). The molecule has 0 aliphatic carbocycles. The van der Waals surface area contributed by atoms with Crippen LogP contribution in [0.15, 0.2) is 18.2 Å². The fourth-order valence-corrected chi connectivity index (χ4v) is 3.63. The van der Waals surface area contributed by atoms with Crippen LogP contribution in [0.3, 0.4) is 0 Å². The quantitative estimate of drug-likeness (QED) is 0.816. The van der Waals surface area contributed by atoms with E-state index in [-0.39, 0.29) is 12.0 Å². The van der Waals surface area contributed by atoms with E-state index in [1.165, 1.54) is 0 Å². The van der Waals surface area contributed by atoms with E-state index in [1.807, 2.05) is 43.9 Å². The monoisotopic (exact) mass is 383 g/mol. The molecule has 148 valence electrons. The molecule has 1 N–H and O–H groups in total. The van der Waals surface area contributed by atoms with Gasteiger partial charge in [0.05, 0.1) is 12.2 Å². The lowest BCUT2D eigenvalue weighted by Gasteiger charge is -2.31. The summed E-state index contributed by atoms with van der Waals surface area (Å²) in [5.74, 6) is 0.00558. The average Bonchev–Trinajstić information content (AvgIpc) is 3.13. The van der Waals surface area contributed by atoms with Crippen LogP contribution in [0.25, 0.3) is 0 Å². The van der Waals surface area contributed by atoms with Crippen molar-refractivity contribution in [1.82, 2.24) is 25.2 Å². The Bertz CT molecular complexity index is 915. The molecular weight excluding hydrogens is 358 g/mol. The SMILES string of the molecule is CC(C)(C)OC(=O)N1CCc2cc(C(=O)N3CCc4n[nH]nc4C3)ccc2C1. The van der Waals surface area contributed by atoms with Gasteiger partial charge in [-0.1, -0.05) is 6.07 Å². The number of hydrogen-bond donors (Lipinski definition) is 1. The predicted molar refractivity (Wildman–Crippen MR) is 102 cm³/mol. The average molecular weight is 383 g/mol. The molecule has 0 atom stereocenters. The third-order valence-corrected chi connectivity index (χ3v) is 5.07. The lowest BCUT2D eigenvalue weighted by molar-refractivity contribution is 0.0223. The van der Waals surface area contributed by atoms with Crippen LogP contribution < -0.4 is 0 Å². The molecule has 0 saturated heterocycles. The lowest BCUT2D eigenvalue weighted by Crippen LogP contribution is -2.40. The van der Waals surface area contributed by atoms with Crippen LogP contribution in [0.5, 0.6) is 0 Å². The molecule has 0 fully saturated rings. The maximum atomic E-state index is 12.9. The Morgan fingerprint density at radius 3 is 2.54 bits per heavy atom. The number of amides is 2. The molecule has 3 heterocycles. The van der Waals surface area contributed by atoms with Crippen molar-refractivity contribution < 1.29 is 14.3 Å². The summed E-state index contributed by atoms with van der Waals surface area (Å²) in [4.78, 5) is 28.8. The van der Waals surface area contributed by atoms with Gasteiger partial charge in [0, 0.05) is 31.6 Å². The number of nitrogens with zero attached hydrogens (tertiary/aromatic N) is 4. The third-order valence-electron chi connectivity index (χ3n) is 5.07. The summed E-state index contributed by atoms with van der Waals surface area (Å²) in [5.41, 5.74) is 4.13. The Morgan fingerprint density at radius 1 is 1.00 bits per heavy atom. The maximum absolute atomic E-state index is 12.9. The number of ether oxygens (including phenoxy) is 1. The minimum atomic E-state index is -0.508. The van der Waals surface area contributed by atoms with Gasteiger partial charge in [0.1, 0.15) is 11.3 Å². The van der Waals surface area contributed by atoms with E-state index < -0.39 is 5.60 Å². The molecule has 28 heavy (non-hydrogen) atoms. The number of nitrogens with one attached hydrogen (secondary N) is 1. The number of benzene rings is 1. The number of H-pyrrole nitrogens is 1. The topological polar surface area (TPSA) is 91.4 Å². The summed E-state index contributed by atoms with van der Waals surface area (Å²) in [6, 6.07) is 5.76. The molecule has 2 aromatic rings. The number of hydrogen-bond acceptors (Lipinski definition) is 5. The highest BCUT2D eigenvalue weighted by Crippen LogP contribution is 2.24. The van der Waals surface area contributed by atoms with Gasteiger partial charge in [-0.25, -0.2) is 4.79 Å².